The van der Waals surface area contributed by atoms with E-state index in [-0.39, 0.29) is 12.5 Å². The van der Waals surface area contributed by atoms with E-state index in [9.17, 15) is 9.59 Å². The van der Waals surface area contributed by atoms with E-state index < -0.39 is 18.2 Å². The smallest absolute Gasteiger partial charge is 0.351 e. The van der Waals surface area contributed by atoms with Gasteiger partial charge in [0.1, 0.15) is 12.7 Å². The van der Waals surface area contributed by atoms with Crippen LogP contribution in [0.1, 0.15) is 19.5 Å². The quantitative estimate of drug-likeness (QED) is 0.574. The predicted molar refractivity (Wildman–Crippen MR) is 112 cm³/mol. The lowest BCUT2D eigenvalue weighted by atomic mass is 10.2. The molecule has 7 nitrogen and oxygen atoms in total. The molecule has 0 saturated carbocycles. The van der Waals surface area contributed by atoms with Crippen LogP contribution < -0.4 is 14.4 Å². The lowest BCUT2D eigenvalue weighted by molar-refractivity contribution is -0.159. The van der Waals surface area contributed by atoms with Gasteiger partial charge in [0, 0.05) is 12.3 Å². The molecule has 2 unspecified atom stereocenters. The van der Waals surface area contributed by atoms with Crippen LogP contribution >= 0.6 is 11.3 Å². The van der Waals surface area contributed by atoms with Gasteiger partial charge in [0.15, 0.2) is 16.6 Å². The Hall–Kier alpha value is -3.39. The molecule has 1 amide bonds. The van der Waals surface area contributed by atoms with E-state index in [0.717, 1.165) is 5.69 Å². The minimum Gasteiger partial charge on any atom is -0.482 e. The molecule has 0 bridgehead atoms. The number of rotatable bonds is 5. The van der Waals surface area contributed by atoms with E-state index in [4.69, 9.17) is 14.2 Å². The molecule has 8 heteroatoms. The van der Waals surface area contributed by atoms with Crippen LogP contribution in [0.3, 0.4) is 0 Å². The molecule has 154 valence electrons. The highest BCUT2D eigenvalue weighted by molar-refractivity contribution is 7.14. The third-order valence-electron chi connectivity index (χ3n) is 4.50. The molecular weight excluding hydrogens is 404 g/mol. The van der Waals surface area contributed by atoms with Crippen LogP contribution in [0.15, 0.2) is 60.0 Å². The summed E-state index contributed by atoms with van der Waals surface area (Å²) in [5, 5.41) is 2.28. The SMILES string of the molecule is CC(=O)N(c1ccccc1)c1nc(COC(=O)C2Oc3ccccc3OC2C)cs1. The number of benzene rings is 2. The highest BCUT2D eigenvalue weighted by Gasteiger charge is 2.35. The van der Waals surface area contributed by atoms with Crippen molar-refractivity contribution in [1.82, 2.24) is 4.98 Å². The molecule has 2 aromatic carbocycles. The molecule has 3 aromatic rings. The van der Waals surface area contributed by atoms with E-state index in [1.165, 1.54) is 23.2 Å². The summed E-state index contributed by atoms with van der Waals surface area (Å²) in [6, 6.07) is 16.4. The zero-order valence-corrected chi connectivity index (χ0v) is 17.3. The average molecular weight is 424 g/mol. The Labute approximate surface area is 177 Å². The summed E-state index contributed by atoms with van der Waals surface area (Å²) in [5.41, 5.74) is 1.28. The lowest BCUT2D eigenvalue weighted by Crippen LogP contribution is -2.44. The van der Waals surface area contributed by atoms with E-state index in [1.54, 1.807) is 24.4 Å². The summed E-state index contributed by atoms with van der Waals surface area (Å²) < 4.78 is 16.9. The number of fused-ring (bicyclic) bond motifs is 1. The Kier molecular flexibility index (Phi) is 5.67. The maximum absolute atomic E-state index is 12.5. The second-order valence-corrected chi connectivity index (χ2v) is 7.56. The second-order valence-electron chi connectivity index (χ2n) is 6.73. The lowest BCUT2D eigenvalue weighted by Gasteiger charge is -2.30. The first-order valence-corrected chi connectivity index (χ1v) is 10.3. The number of anilines is 2. The van der Waals surface area contributed by atoms with Gasteiger partial charge in [0.25, 0.3) is 0 Å². The largest absolute Gasteiger partial charge is 0.482 e. The highest BCUT2D eigenvalue weighted by Crippen LogP contribution is 2.34. The molecule has 0 aliphatic carbocycles. The van der Waals surface area contributed by atoms with E-state index >= 15 is 0 Å². The van der Waals surface area contributed by atoms with Crippen molar-refractivity contribution >= 4 is 34.0 Å². The Bertz CT molecular complexity index is 1050. The number of nitrogens with zero attached hydrogens (tertiary/aromatic N) is 2. The van der Waals surface area contributed by atoms with Crippen LogP contribution in [0.2, 0.25) is 0 Å². The minimum atomic E-state index is -0.865. The summed E-state index contributed by atoms with van der Waals surface area (Å²) in [5.74, 6) is 0.425. The molecule has 1 aromatic heterocycles. The topological polar surface area (TPSA) is 78.0 Å². The molecule has 0 radical (unpaired) electrons. The zero-order valence-electron chi connectivity index (χ0n) is 16.5. The molecule has 4 rings (SSSR count). The van der Waals surface area contributed by atoms with E-state index in [0.29, 0.717) is 22.3 Å². The molecule has 0 saturated heterocycles. The minimum absolute atomic E-state index is 0.0237. The second kappa shape index (κ2) is 8.54. The predicted octanol–water partition coefficient (Wildman–Crippen LogP) is 4.10. The number of esters is 1. The number of para-hydroxylation sites is 3. The van der Waals surface area contributed by atoms with Crippen molar-refractivity contribution in [2.24, 2.45) is 0 Å². The Morgan fingerprint density at radius 2 is 1.73 bits per heavy atom. The van der Waals surface area contributed by atoms with Gasteiger partial charge in [-0.15, -0.1) is 11.3 Å². The zero-order chi connectivity index (χ0) is 21.1. The van der Waals surface area contributed by atoms with Gasteiger partial charge in [0.2, 0.25) is 12.0 Å². The van der Waals surface area contributed by atoms with Crippen LogP contribution in [-0.2, 0) is 20.9 Å². The van der Waals surface area contributed by atoms with Gasteiger partial charge in [-0.1, -0.05) is 30.3 Å². The maximum atomic E-state index is 12.5. The summed E-state index contributed by atoms with van der Waals surface area (Å²) in [6.07, 6.45) is -1.35. The van der Waals surface area contributed by atoms with Crippen LogP contribution in [0.4, 0.5) is 10.8 Å². The highest BCUT2D eigenvalue weighted by atomic mass is 32.1. The molecule has 1 aliphatic heterocycles. The van der Waals surface area contributed by atoms with Crippen LogP contribution in [0.5, 0.6) is 11.5 Å². The van der Waals surface area contributed by atoms with Crippen molar-refractivity contribution in [3.05, 3.63) is 65.7 Å². The van der Waals surface area contributed by atoms with Crippen molar-refractivity contribution in [2.75, 3.05) is 4.90 Å². The van der Waals surface area contributed by atoms with Crippen molar-refractivity contribution in [3.63, 3.8) is 0 Å². The molecule has 1 aliphatic rings. The van der Waals surface area contributed by atoms with Crippen LogP contribution in [-0.4, -0.2) is 29.1 Å². The molecule has 30 heavy (non-hydrogen) atoms. The van der Waals surface area contributed by atoms with Gasteiger partial charge >= 0.3 is 5.97 Å². The summed E-state index contributed by atoms with van der Waals surface area (Å²) in [6.45, 7) is 3.21. The number of amides is 1. The maximum Gasteiger partial charge on any atom is 0.351 e. The fourth-order valence-electron chi connectivity index (χ4n) is 3.08. The van der Waals surface area contributed by atoms with Crippen molar-refractivity contribution in [1.29, 1.82) is 0 Å². The van der Waals surface area contributed by atoms with Crippen LogP contribution in [0.25, 0.3) is 0 Å². The summed E-state index contributed by atoms with van der Waals surface area (Å²) >= 11 is 1.31. The first kappa shape index (κ1) is 19.9. The summed E-state index contributed by atoms with van der Waals surface area (Å²) in [7, 11) is 0. The number of carbonyl (C=O) groups is 2. The normalized spacial score (nSPS) is 17.3. The molecular formula is C22H20N2O5S. The van der Waals surface area contributed by atoms with Gasteiger partial charge in [0.05, 0.1) is 11.4 Å². The monoisotopic (exact) mass is 424 g/mol. The Morgan fingerprint density at radius 3 is 2.43 bits per heavy atom. The third-order valence-corrected chi connectivity index (χ3v) is 5.37. The Balaban J connectivity index is 1.42. The molecule has 0 fully saturated rings. The fraction of sp³-hybridized carbons (Fsp3) is 0.227. The summed E-state index contributed by atoms with van der Waals surface area (Å²) in [4.78, 5) is 30.7. The number of carbonyl (C=O) groups excluding carboxylic acids is 2. The number of aromatic nitrogens is 1. The molecule has 2 heterocycles. The first-order valence-electron chi connectivity index (χ1n) is 9.42. The van der Waals surface area contributed by atoms with Crippen molar-refractivity contribution in [3.8, 4) is 11.5 Å². The van der Waals surface area contributed by atoms with Gasteiger partial charge < -0.3 is 14.2 Å². The molecule has 0 spiro atoms. The number of ether oxygens (including phenoxy) is 3. The van der Waals surface area contributed by atoms with Crippen molar-refractivity contribution < 1.29 is 23.8 Å². The van der Waals surface area contributed by atoms with E-state index in [1.807, 2.05) is 42.5 Å². The first-order chi connectivity index (χ1) is 14.5. The van der Waals surface area contributed by atoms with Gasteiger partial charge in [-0.3, -0.25) is 9.69 Å². The van der Waals surface area contributed by atoms with Gasteiger partial charge in [-0.2, -0.15) is 0 Å². The fourth-order valence-corrected chi connectivity index (χ4v) is 3.95. The van der Waals surface area contributed by atoms with Gasteiger partial charge in [-0.25, -0.2) is 9.78 Å². The standard InChI is InChI=1S/C22H20N2O5S/c1-14-20(29-19-11-7-6-10-18(19)28-14)21(26)27-12-16-13-30-22(23-16)24(15(2)25)17-8-4-3-5-9-17/h3-11,13-14,20H,12H2,1-2H3. The number of hydrogen-bond acceptors (Lipinski definition) is 7. The molecule has 0 N–H and O–H groups in total. The van der Waals surface area contributed by atoms with Crippen molar-refractivity contribution in [2.45, 2.75) is 32.7 Å². The number of thiazole rings is 1. The van der Waals surface area contributed by atoms with E-state index in [2.05, 4.69) is 4.98 Å². The average Bonchev–Trinajstić information content (AvgIpc) is 3.20. The molecule has 2 atom stereocenters. The van der Waals surface area contributed by atoms with Crippen LogP contribution in [0, 0.1) is 0 Å². The van der Waals surface area contributed by atoms with Gasteiger partial charge in [-0.05, 0) is 31.2 Å². The number of hydrogen-bond donors (Lipinski definition) is 0. The Morgan fingerprint density at radius 1 is 1.07 bits per heavy atom. The third kappa shape index (κ3) is 4.13.